The third-order valence-corrected chi connectivity index (χ3v) is 2.43. The van der Waals surface area contributed by atoms with Crippen LogP contribution in [-0.4, -0.2) is 18.8 Å². The zero-order valence-electron chi connectivity index (χ0n) is 7.63. The van der Waals surface area contributed by atoms with Crippen molar-refractivity contribution in [1.29, 1.82) is 0 Å². The number of hydrogen-bond donors (Lipinski definition) is 2. The van der Waals surface area contributed by atoms with Gasteiger partial charge in [-0.25, -0.2) is 4.39 Å². The molecule has 3 N–H and O–H groups in total. The molecular weight excluding hydrogens is 253 g/mol. The van der Waals surface area contributed by atoms with E-state index in [1.807, 2.05) is 0 Å². The third-order valence-electron chi connectivity index (χ3n) is 1.84. The molecule has 1 unspecified atom stereocenters. The molecule has 0 aliphatic carbocycles. The maximum atomic E-state index is 13.0. The van der Waals surface area contributed by atoms with E-state index in [0.29, 0.717) is 15.8 Å². The number of rotatable bonds is 3. The second kappa shape index (κ2) is 4.72. The summed E-state index contributed by atoms with van der Waals surface area (Å²) in [4.78, 5) is 0. The maximum Gasteiger partial charge on any atom is 0.138 e. The van der Waals surface area contributed by atoms with Gasteiger partial charge in [-0.05, 0) is 28.1 Å². The Balaban J connectivity index is 3.24. The fourth-order valence-corrected chi connectivity index (χ4v) is 1.78. The number of aliphatic hydroxyl groups is 1. The molecule has 0 aliphatic rings. The molecule has 1 rings (SSSR count). The van der Waals surface area contributed by atoms with E-state index in [0.717, 1.165) is 0 Å². The van der Waals surface area contributed by atoms with E-state index in [1.54, 1.807) is 0 Å². The summed E-state index contributed by atoms with van der Waals surface area (Å²) >= 11 is 3.15. The van der Waals surface area contributed by atoms with Crippen molar-refractivity contribution in [2.24, 2.45) is 5.73 Å². The smallest absolute Gasteiger partial charge is 0.138 e. The molecule has 1 aromatic carbocycles. The van der Waals surface area contributed by atoms with E-state index in [-0.39, 0.29) is 6.61 Å². The molecule has 0 saturated heterocycles. The van der Waals surface area contributed by atoms with Gasteiger partial charge in [0.2, 0.25) is 0 Å². The van der Waals surface area contributed by atoms with Crippen LogP contribution in [0.5, 0.6) is 5.75 Å². The summed E-state index contributed by atoms with van der Waals surface area (Å²) in [5, 5.41) is 8.87. The zero-order chi connectivity index (χ0) is 10.7. The maximum absolute atomic E-state index is 13.0. The van der Waals surface area contributed by atoms with Crippen molar-refractivity contribution in [2.75, 3.05) is 13.7 Å². The van der Waals surface area contributed by atoms with E-state index in [9.17, 15) is 4.39 Å². The van der Waals surface area contributed by atoms with Gasteiger partial charge in [0, 0.05) is 5.56 Å². The SMILES string of the molecule is COc1c(Br)cc(F)cc1C(N)CO. The van der Waals surface area contributed by atoms with Crippen molar-refractivity contribution in [1.82, 2.24) is 0 Å². The first-order valence-corrected chi connectivity index (χ1v) is 4.78. The second-order valence-corrected chi connectivity index (χ2v) is 3.65. The van der Waals surface area contributed by atoms with Crippen molar-refractivity contribution >= 4 is 15.9 Å². The van der Waals surface area contributed by atoms with Crippen LogP contribution in [-0.2, 0) is 0 Å². The minimum Gasteiger partial charge on any atom is -0.495 e. The Morgan fingerprint density at radius 3 is 2.79 bits per heavy atom. The Bertz CT molecular complexity index is 333. The first kappa shape index (κ1) is 11.4. The Morgan fingerprint density at radius 2 is 2.29 bits per heavy atom. The van der Waals surface area contributed by atoms with Gasteiger partial charge in [0.1, 0.15) is 11.6 Å². The highest BCUT2D eigenvalue weighted by Gasteiger charge is 2.15. The monoisotopic (exact) mass is 263 g/mol. The van der Waals surface area contributed by atoms with Crippen molar-refractivity contribution < 1.29 is 14.2 Å². The van der Waals surface area contributed by atoms with Crippen LogP contribution >= 0.6 is 15.9 Å². The molecule has 0 bridgehead atoms. The van der Waals surface area contributed by atoms with E-state index in [1.165, 1.54) is 19.2 Å². The molecular formula is C9H11BrFNO2. The summed E-state index contributed by atoms with van der Waals surface area (Å²) in [6, 6.07) is 1.90. The van der Waals surface area contributed by atoms with Crippen molar-refractivity contribution in [3.05, 3.63) is 28.0 Å². The molecule has 0 amide bonds. The molecule has 1 aromatic rings. The molecule has 1 atom stereocenters. The predicted molar refractivity (Wildman–Crippen MR) is 54.7 cm³/mol. The molecule has 0 aromatic heterocycles. The zero-order valence-corrected chi connectivity index (χ0v) is 9.21. The van der Waals surface area contributed by atoms with Crippen LogP contribution in [0.1, 0.15) is 11.6 Å². The van der Waals surface area contributed by atoms with Gasteiger partial charge in [0.15, 0.2) is 0 Å². The number of ether oxygens (including phenoxy) is 1. The number of halogens is 2. The molecule has 0 fully saturated rings. The number of nitrogens with two attached hydrogens (primary N) is 1. The summed E-state index contributed by atoms with van der Waals surface area (Å²) in [5.41, 5.74) is 6.04. The Labute approximate surface area is 89.8 Å². The second-order valence-electron chi connectivity index (χ2n) is 2.80. The minimum atomic E-state index is -0.642. The average molecular weight is 264 g/mol. The summed E-state index contributed by atoms with van der Waals surface area (Å²) in [7, 11) is 1.46. The van der Waals surface area contributed by atoms with Crippen molar-refractivity contribution in [2.45, 2.75) is 6.04 Å². The van der Waals surface area contributed by atoms with Gasteiger partial charge in [0.05, 0.1) is 24.2 Å². The van der Waals surface area contributed by atoms with Crippen molar-refractivity contribution in [3.8, 4) is 5.75 Å². The highest BCUT2D eigenvalue weighted by atomic mass is 79.9. The molecule has 0 radical (unpaired) electrons. The fraction of sp³-hybridized carbons (Fsp3) is 0.333. The summed E-state index contributed by atoms with van der Waals surface area (Å²) < 4.78 is 18.6. The van der Waals surface area contributed by atoms with Crippen LogP contribution in [0.3, 0.4) is 0 Å². The van der Waals surface area contributed by atoms with Gasteiger partial charge in [-0.1, -0.05) is 0 Å². The Morgan fingerprint density at radius 1 is 1.64 bits per heavy atom. The average Bonchev–Trinajstić information content (AvgIpc) is 2.15. The standard InChI is InChI=1S/C9H11BrFNO2/c1-14-9-6(8(12)4-13)2-5(11)3-7(9)10/h2-3,8,13H,4,12H2,1H3. The summed E-state index contributed by atoms with van der Waals surface area (Å²) in [6.07, 6.45) is 0. The van der Waals surface area contributed by atoms with Gasteiger partial charge >= 0.3 is 0 Å². The molecule has 14 heavy (non-hydrogen) atoms. The summed E-state index contributed by atoms with van der Waals surface area (Å²) in [6.45, 7) is -0.258. The highest BCUT2D eigenvalue weighted by Crippen LogP contribution is 2.33. The lowest BCUT2D eigenvalue weighted by Gasteiger charge is -2.14. The van der Waals surface area contributed by atoms with Crippen LogP contribution in [0.15, 0.2) is 16.6 Å². The number of benzene rings is 1. The van der Waals surface area contributed by atoms with Crippen LogP contribution in [0, 0.1) is 5.82 Å². The molecule has 0 saturated carbocycles. The molecule has 3 nitrogen and oxygen atoms in total. The van der Waals surface area contributed by atoms with Crippen molar-refractivity contribution in [3.63, 3.8) is 0 Å². The number of hydrogen-bond acceptors (Lipinski definition) is 3. The number of methoxy groups -OCH3 is 1. The van der Waals surface area contributed by atoms with E-state index in [2.05, 4.69) is 15.9 Å². The van der Waals surface area contributed by atoms with Gasteiger partial charge in [-0.15, -0.1) is 0 Å². The van der Waals surface area contributed by atoms with Crippen LogP contribution < -0.4 is 10.5 Å². The van der Waals surface area contributed by atoms with Crippen LogP contribution in [0.4, 0.5) is 4.39 Å². The quantitative estimate of drug-likeness (QED) is 0.871. The lowest BCUT2D eigenvalue weighted by molar-refractivity contribution is 0.264. The van der Waals surface area contributed by atoms with Gasteiger partial charge < -0.3 is 15.6 Å². The van der Waals surface area contributed by atoms with Gasteiger partial charge in [0.25, 0.3) is 0 Å². The Kier molecular flexibility index (Phi) is 3.86. The molecule has 0 heterocycles. The Hall–Kier alpha value is -0.650. The first-order chi connectivity index (χ1) is 6.60. The fourth-order valence-electron chi connectivity index (χ4n) is 1.17. The molecule has 0 spiro atoms. The van der Waals surface area contributed by atoms with Crippen LogP contribution in [0.2, 0.25) is 0 Å². The highest BCUT2D eigenvalue weighted by molar-refractivity contribution is 9.10. The lowest BCUT2D eigenvalue weighted by Crippen LogP contribution is -2.16. The first-order valence-electron chi connectivity index (χ1n) is 3.99. The largest absolute Gasteiger partial charge is 0.495 e. The molecule has 78 valence electrons. The van der Waals surface area contributed by atoms with E-state index >= 15 is 0 Å². The minimum absolute atomic E-state index is 0.258. The number of aliphatic hydroxyl groups excluding tert-OH is 1. The summed E-state index contributed by atoms with van der Waals surface area (Å²) in [5.74, 6) is 0.0320. The van der Waals surface area contributed by atoms with E-state index < -0.39 is 11.9 Å². The topological polar surface area (TPSA) is 55.5 Å². The van der Waals surface area contributed by atoms with Gasteiger partial charge in [-0.3, -0.25) is 0 Å². The molecule has 0 aliphatic heterocycles. The van der Waals surface area contributed by atoms with Gasteiger partial charge in [-0.2, -0.15) is 0 Å². The lowest BCUT2D eigenvalue weighted by atomic mass is 10.1. The normalized spacial score (nSPS) is 12.6. The third kappa shape index (κ3) is 2.23. The van der Waals surface area contributed by atoms with Crippen LogP contribution in [0.25, 0.3) is 0 Å². The van der Waals surface area contributed by atoms with E-state index in [4.69, 9.17) is 15.6 Å². The molecule has 5 heteroatoms. The predicted octanol–water partition coefficient (Wildman–Crippen LogP) is 1.59.